The third kappa shape index (κ3) is 3.51. The van der Waals surface area contributed by atoms with E-state index in [0.717, 1.165) is 25.3 Å². The zero-order chi connectivity index (χ0) is 13.3. The fraction of sp³-hybridized carbons (Fsp3) is 0.571. The Morgan fingerprint density at radius 2 is 1.67 bits per heavy atom. The maximum Gasteiger partial charge on any atom is 0.0632 e. The Bertz CT molecular complexity index is 410. The van der Waals surface area contributed by atoms with E-state index in [0.29, 0.717) is 6.04 Å². The lowest BCUT2D eigenvalue weighted by Crippen LogP contribution is -2.33. The van der Waals surface area contributed by atoms with Gasteiger partial charge in [0.15, 0.2) is 0 Å². The third-order valence-corrected chi connectivity index (χ3v) is 5.48. The summed E-state index contributed by atoms with van der Waals surface area (Å²) in [4.78, 5) is 0. The first kappa shape index (κ1) is 14.9. The summed E-state index contributed by atoms with van der Waals surface area (Å²) in [5.74, 6) is 1.60. The molecule has 1 aliphatic rings. The molecule has 1 aromatic carbocycles. The summed E-state index contributed by atoms with van der Waals surface area (Å²) in [6, 6.07) is 4.75. The molecule has 1 saturated carbocycles. The first-order valence-electron chi connectivity index (χ1n) is 6.38. The Morgan fingerprint density at radius 1 is 1.06 bits per heavy atom. The second-order valence-corrected chi connectivity index (χ2v) is 8.02. The Kier molecular flexibility index (Phi) is 5.18. The predicted molar refractivity (Wildman–Crippen MR) is 89.1 cm³/mol. The van der Waals surface area contributed by atoms with Crippen molar-refractivity contribution in [2.45, 2.75) is 39.2 Å². The molecule has 0 spiro atoms. The van der Waals surface area contributed by atoms with Crippen LogP contribution in [0.4, 0.5) is 5.69 Å². The van der Waals surface area contributed by atoms with Crippen LogP contribution in [0.1, 0.15) is 33.1 Å². The highest BCUT2D eigenvalue weighted by molar-refractivity contribution is 9.11. The van der Waals surface area contributed by atoms with Crippen LogP contribution < -0.4 is 5.32 Å². The molecule has 0 aromatic heterocycles. The quantitative estimate of drug-likeness (QED) is 0.577. The van der Waals surface area contributed by atoms with Crippen molar-refractivity contribution in [3.05, 3.63) is 25.6 Å². The smallest absolute Gasteiger partial charge is 0.0632 e. The Balaban J connectivity index is 2.14. The van der Waals surface area contributed by atoms with Crippen molar-refractivity contribution >= 4 is 53.5 Å². The summed E-state index contributed by atoms with van der Waals surface area (Å²) in [7, 11) is 0. The molecule has 1 aromatic rings. The van der Waals surface area contributed by atoms with Crippen LogP contribution in [0.25, 0.3) is 0 Å². The van der Waals surface area contributed by atoms with Crippen LogP contribution in [0.3, 0.4) is 0 Å². The average Bonchev–Trinajstić information content (AvgIpc) is 2.25. The largest absolute Gasteiger partial charge is 0.380 e. The number of halogens is 3. The van der Waals surface area contributed by atoms with Crippen molar-refractivity contribution in [3.8, 4) is 0 Å². The van der Waals surface area contributed by atoms with Gasteiger partial charge in [0.2, 0.25) is 0 Å². The van der Waals surface area contributed by atoms with Gasteiger partial charge in [0.05, 0.1) is 5.69 Å². The first-order valence-corrected chi connectivity index (χ1v) is 8.76. The van der Waals surface area contributed by atoms with Gasteiger partial charge in [0, 0.05) is 19.5 Å². The lowest BCUT2D eigenvalue weighted by molar-refractivity contribution is 0.276. The molecule has 1 N–H and O–H groups in total. The fourth-order valence-electron chi connectivity index (χ4n) is 2.75. The van der Waals surface area contributed by atoms with Crippen molar-refractivity contribution in [2.24, 2.45) is 11.8 Å². The summed E-state index contributed by atoms with van der Waals surface area (Å²) < 4.78 is 3.29. The van der Waals surface area contributed by atoms with E-state index in [4.69, 9.17) is 0 Å². The van der Waals surface area contributed by atoms with Crippen molar-refractivity contribution in [1.29, 1.82) is 0 Å². The highest BCUT2D eigenvalue weighted by Crippen LogP contribution is 2.38. The summed E-state index contributed by atoms with van der Waals surface area (Å²) in [5.41, 5.74) is 1.17. The molecule has 3 unspecified atom stereocenters. The van der Waals surface area contributed by atoms with Gasteiger partial charge in [-0.1, -0.05) is 29.8 Å². The van der Waals surface area contributed by atoms with Gasteiger partial charge >= 0.3 is 0 Å². The van der Waals surface area contributed by atoms with Crippen LogP contribution >= 0.6 is 47.8 Å². The molecule has 2 rings (SSSR count). The van der Waals surface area contributed by atoms with E-state index in [1.807, 2.05) is 0 Å². The van der Waals surface area contributed by atoms with Gasteiger partial charge in [0.25, 0.3) is 0 Å². The van der Waals surface area contributed by atoms with Gasteiger partial charge in [-0.25, -0.2) is 0 Å². The first-order chi connectivity index (χ1) is 8.47. The molecule has 0 radical (unpaired) electrons. The van der Waals surface area contributed by atoms with Gasteiger partial charge in [0.1, 0.15) is 0 Å². The molecule has 0 bridgehead atoms. The lowest BCUT2D eigenvalue weighted by Gasteiger charge is -2.34. The Labute approximate surface area is 134 Å². The van der Waals surface area contributed by atoms with E-state index in [1.54, 1.807) is 0 Å². The second kappa shape index (κ2) is 6.27. The average molecular weight is 440 g/mol. The SMILES string of the molecule is CC1CCC(Nc2c(Br)cc(Br)cc2Br)C(C)C1. The summed E-state index contributed by atoms with van der Waals surface area (Å²) in [5, 5.41) is 3.70. The van der Waals surface area contributed by atoms with E-state index < -0.39 is 0 Å². The Morgan fingerprint density at radius 3 is 2.22 bits per heavy atom. The van der Waals surface area contributed by atoms with Crippen molar-refractivity contribution in [1.82, 2.24) is 0 Å². The topological polar surface area (TPSA) is 12.0 Å². The number of anilines is 1. The Hall–Kier alpha value is 0.460. The molecular formula is C14H18Br3N. The third-order valence-electron chi connectivity index (χ3n) is 3.77. The predicted octanol–water partition coefficient (Wildman–Crippen LogP) is 6.21. The van der Waals surface area contributed by atoms with Gasteiger partial charge in [-0.2, -0.15) is 0 Å². The van der Waals surface area contributed by atoms with Crippen LogP contribution in [0.5, 0.6) is 0 Å². The molecule has 0 heterocycles. The number of hydrogen-bond donors (Lipinski definition) is 1. The monoisotopic (exact) mass is 437 g/mol. The molecule has 18 heavy (non-hydrogen) atoms. The van der Waals surface area contributed by atoms with Gasteiger partial charge in [-0.15, -0.1) is 0 Å². The van der Waals surface area contributed by atoms with Crippen LogP contribution in [-0.2, 0) is 0 Å². The zero-order valence-corrected chi connectivity index (χ0v) is 15.4. The number of benzene rings is 1. The lowest BCUT2D eigenvalue weighted by atomic mass is 9.80. The van der Waals surface area contributed by atoms with E-state index in [2.05, 4.69) is 79.1 Å². The molecule has 0 amide bonds. The standard InChI is InChI=1S/C14H18Br3N/c1-8-3-4-13(9(2)5-8)18-14-11(16)6-10(15)7-12(14)17/h6-9,13,18H,3-5H2,1-2H3. The van der Waals surface area contributed by atoms with Gasteiger partial charge < -0.3 is 5.32 Å². The van der Waals surface area contributed by atoms with Crippen molar-refractivity contribution in [2.75, 3.05) is 5.32 Å². The van der Waals surface area contributed by atoms with Gasteiger partial charge in [-0.05, 0) is 75.1 Å². The van der Waals surface area contributed by atoms with E-state index in [1.165, 1.54) is 24.9 Å². The normalized spacial score (nSPS) is 28.2. The molecule has 0 aliphatic heterocycles. The highest BCUT2D eigenvalue weighted by atomic mass is 79.9. The zero-order valence-electron chi connectivity index (χ0n) is 10.6. The number of nitrogens with one attached hydrogen (secondary N) is 1. The van der Waals surface area contributed by atoms with Crippen molar-refractivity contribution in [3.63, 3.8) is 0 Å². The van der Waals surface area contributed by atoms with Crippen LogP contribution in [0.2, 0.25) is 0 Å². The van der Waals surface area contributed by atoms with Crippen LogP contribution in [0.15, 0.2) is 25.6 Å². The molecule has 1 aliphatic carbocycles. The maximum atomic E-state index is 3.70. The molecular weight excluding hydrogens is 422 g/mol. The summed E-state index contributed by atoms with van der Waals surface area (Å²) >= 11 is 10.8. The maximum absolute atomic E-state index is 3.70. The molecule has 1 nitrogen and oxygen atoms in total. The number of rotatable bonds is 2. The van der Waals surface area contributed by atoms with Crippen molar-refractivity contribution < 1.29 is 0 Å². The van der Waals surface area contributed by atoms with E-state index >= 15 is 0 Å². The van der Waals surface area contributed by atoms with E-state index in [9.17, 15) is 0 Å². The fourth-order valence-corrected chi connectivity index (χ4v) is 5.23. The molecule has 0 saturated heterocycles. The number of hydrogen-bond acceptors (Lipinski definition) is 1. The van der Waals surface area contributed by atoms with Gasteiger partial charge in [-0.3, -0.25) is 0 Å². The summed E-state index contributed by atoms with van der Waals surface area (Å²) in [6.45, 7) is 4.71. The summed E-state index contributed by atoms with van der Waals surface area (Å²) in [6.07, 6.45) is 3.91. The molecule has 1 fully saturated rings. The van der Waals surface area contributed by atoms with Crippen LogP contribution in [0, 0.1) is 11.8 Å². The molecule has 100 valence electrons. The minimum Gasteiger partial charge on any atom is -0.380 e. The second-order valence-electron chi connectivity index (χ2n) is 5.39. The minimum atomic E-state index is 0.579. The molecule has 4 heteroatoms. The minimum absolute atomic E-state index is 0.579. The van der Waals surface area contributed by atoms with Crippen LogP contribution in [-0.4, -0.2) is 6.04 Å². The highest BCUT2D eigenvalue weighted by Gasteiger charge is 2.26. The molecule has 3 atom stereocenters. The van der Waals surface area contributed by atoms with E-state index in [-0.39, 0.29) is 0 Å².